The van der Waals surface area contributed by atoms with Gasteiger partial charge in [0.2, 0.25) is 5.91 Å². The van der Waals surface area contributed by atoms with Crippen LogP contribution in [0.15, 0.2) is 18.2 Å². The van der Waals surface area contributed by atoms with Crippen LogP contribution in [0, 0.1) is 6.92 Å². The van der Waals surface area contributed by atoms with Crippen LogP contribution in [0.1, 0.15) is 12.0 Å². The van der Waals surface area contributed by atoms with Crippen molar-refractivity contribution < 1.29 is 19.1 Å². The summed E-state index contributed by atoms with van der Waals surface area (Å²) in [5, 5.41) is 2.75. The summed E-state index contributed by atoms with van der Waals surface area (Å²) in [6, 6.07) is 5.13. The second-order valence-electron chi connectivity index (χ2n) is 3.93. The predicted molar refractivity (Wildman–Crippen MR) is 78.2 cm³/mol. The zero-order valence-corrected chi connectivity index (χ0v) is 12.3. The molecule has 0 fully saturated rings. The highest BCUT2D eigenvalue weighted by Crippen LogP contribution is 2.21. The summed E-state index contributed by atoms with van der Waals surface area (Å²) in [5.74, 6) is -0.0356. The molecule has 20 heavy (non-hydrogen) atoms. The number of ether oxygens (including phenoxy) is 2. The Morgan fingerprint density at radius 2 is 2.05 bits per heavy atom. The van der Waals surface area contributed by atoms with Gasteiger partial charge in [-0.05, 0) is 30.7 Å². The minimum absolute atomic E-state index is 0. The van der Waals surface area contributed by atoms with Crippen molar-refractivity contribution >= 4 is 30.0 Å². The van der Waals surface area contributed by atoms with Gasteiger partial charge in [-0.1, -0.05) is 0 Å². The zero-order chi connectivity index (χ0) is 14.3. The molecule has 0 aliphatic carbocycles. The van der Waals surface area contributed by atoms with Gasteiger partial charge in [-0.15, -0.1) is 12.4 Å². The lowest BCUT2D eigenvalue weighted by atomic mass is 10.2. The summed E-state index contributed by atoms with van der Waals surface area (Å²) in [4.78, 5) is 22.4. The van der Waals surface area contributed by atoms with E-state index in [9.17, 15) is 9.59 Å². The molecule has 112 valence electrons. The van der Waals surface area contributed by atoms with Crippen LogP contribution >= 0.6 is 12.4 Å². The molecule has 0 spiro atoms. The Bertz CT molecular complexity index is 466. The lowest BCUT2D eigenvalue weighted by Crippen LogP contribution is -2.17. The van der Waals surface area contributed by atoms with E-state index in [1.807, 2.05) is 6.92 Å². The Balaban J connectivity index is 0.00000361. The maximum atomic E-state index is 11.4. The molecular formula is C13H19ClN2O4. The molecule has 1 aromatic rings. The standard InChI is InChI=1S/C13H18N2O4.ClH/c1-9-7-10(19-8-13(17)18-2)3-4-11(9)15-12(16)5-6-14;/h3-4,7H,5-6,8,14H2,1-2H3,(H,15,16);1H. The molecule has 1 aromatic carbocycles. The molecule has 0 aliphatic rings. The highest BCUT2D eigenvalue weighted by atomic mass is 35.5. The van der Waals surface area contributed by atoms with Crippen LogP contribution in [-0.4, -0.2) is 32.1 Å². The van der Waals surface area contributed by atoms with Crippen molar-refractivity contribution in [1.82, 2.24) is 0 Å². The molecule has 0 saturated heterocycles. The number of nitrogens with one attached hydrogen (secondary N) is 1. The number of methoxy groups -OCH3 is 1. The number of esters is 1. The van der Waals surface area contributed by atoms with Crippen LogP contribution in [0.3, 0.4) is 0 Å². The van der Waals surface area contributed by atoms with Crippen LogP contribution in [0.25, 0.3) is 0 Å². The zero-order valence-electron chi connectivity index (χ0n) is 11.5. The highest BCUT2D eigenvalue weighted by Gasteiger charge is 2.06. The first-order valence-corrected chi connectivity index (χ1v) is 5.87. The van der Waals surface area contributed by atoms with E-state index in [0.717, 1.165) is 5.56 Å². The maximum absolute atomic E-state index is 11.4. The number of hydrogen-bond acceptors (Lipinski definition) is 5. The summed E-state index contributed by atoms with van der Waals surface area (Å²) in [7, 11) is 1.30. The van der Waals surface area contributed by atoms with Gasteiger partial charge in [0.05, 0.1) is 7.11 Å². The number of aryl methyl sites for hydroxylation is 1. The third kappa shape index (κ3) is 5.90. The van der Waals surface area contributed by atoms with Gasteiger partial charge in [-0.2, -0.15) is 0 Å². The number of amides is 1. The number of hydrogen-bond donors (Lipinski definition) is 2. The molecule has 3 N–H and O–H groups in total. The van der Waals surface area contributed by atoms with E-state index in [1.54, 1.807) is 18.2 Å². The number of anilines is 1. The van der Waals surface area contributed by atoms with Gasteiger partial charge in [-0.25, -0.2) is 4.79 Å². The van der Waals surface area contributed by atoms with Crippen molar-refractivity contribution in [2.75, 3.05) is 25.6 Å². The van der Waals surface area contributed by atoms with E-state index in [0.29, 0.717) is 18.0 Å². The van der Waals surface area contributed by atoms with Crippen molar-refractivity contribution in [1.29, 1.82) is 0 Å². The molecule has 0 heterocycles. The van der Waals surface area contributed by atoms with E-state index in [1.165, 1.54) is 7.11 Å². The number of rotatable bonds is 6. The first-order chi connectivity index (χ1) is 9.06. The Morgan fingerprint density at radius 1 is 1.35 bits per heavy atom. The molecule has 6 nitrogen and oxygen atoms in total. The SMILES string of the molecule is COC(=O)COc1ccc(NC(=O)CCN)c(C)c1.Cl. The molecule has 0 aromatic heterocycles. The second-order valence-corrected chi connectivity index (χ2v) is 3.93. The van der Waals surface area contributed by atoms with Gasteiger partial charge < -0.3 is 20.5 Å². The van der Waals surface area contributed by atoms with Gasteiger partial charge in [0.25, 0.3) is 0 Å². The minimum atomic E-state index is -0.446. The van der Waals surface area contributed by atoms with E-state index in [4.69, 9.17) is 10.5 Å². The molecule has 0 aliphatic heterocycles. The summed E-state index contributed by atoms with van der Waals surface area (Å²) in [5.41, 5.74) is 6.84. The Morgan fingerprint density at radius 3 is 2.60 bits per heavy atom. The van der Waals surface area contributed by atoms with Gasteiger partial charge >= 0.3 is 5.97 Å². The molecule has 7 heteroatoms. The van der Waals surface area contributed by atoms with Gasteiger partial charge in [0, 0.05) is 18.7 Å². The lowest BCUT2D eigenvalue weighted by molar-refractivity contribution is -0.142. The number of halogens is 1. The van der Waals surface area contributed by atoms with Crippen molar-refractivity contribution in [3.63, 3.8) is 0 Å². The van der Waals surface area contributed by atoms with Crippen molar-refractivity contribution in [2.24, 2.45) is 5.73 Å². The average Bonchev–Trinajstić information content (AvgIpc) is 2.39. The summed E-state index contributed by atoms with van der Waals surface area (Å²) in [6.45, 7) is 2.00. The number of carbonyl (C=O) groups excluding carboxylic acids is 2. The van der Waals surface area contributed by atoms with E-state index < -0.39 is 5.97 Å². The summed E-state index contributed by atoms with van der Waals surface area (Å²) in [6.07, 6.45) is 0.278. The molecule has 0 saturated carbocycles. The van der Waals surface area contributed by atoms with Crippen LogP contribution in [0.5, 0.6) is 5.75 Å². The normalized spacial score (nSPS) is 9.35. The quantitative estimate of drug-likeness (QED) is 0.772. The van der Waals surface area contributed by atoms with Crippen molar-refractivity contribution in [2.45, 2.75) is 13.3 Å². The molecule has 0 radical (unpaired) electrons. The van der Waals surface area contributed by atoms with Crippen LogP contribution in [-0.2, 0) is 14.3 Å². The van der Waals surface area contributed by atoms with Crippen LogP contribution in [0.4, 0.5) is 5.69 Å². The first-order valence-electron chi connectivity index (χ1n) is 5.87. The third-order valence-electron chi connectivity index (χ3n) is 2.43. The molecule has 0 unspecified atom stereocenters. The molecule has 0 atom stereocenters. The van der Waals surface area contributed by atoms with Crippen LogP contribution < -0.4 is 15.8 Å². The lowest BCUT2D eigenvalue weighted by Gasteiger charge is -2.10. The molecule has 1 amide bonds. The second kappa shape index (κ2) is 9.17. The van der Waals surface area contributed by atoms with Gasteiger partial charge in [0.15, 0.2) is 6.61 Å². The first kappa shape index (κ1) is 18.2. The maximum Gasteiger partial charge on any atom is 0.343 e. The minimum Gasteiger partial charge on any atom is -0.482 e. The third-order valence-corrected chi connectivity index (χ3v) is 2.43. The van der Waals surface area contributed by atoms with Crippen LogP contribution in [0.2, 0.25) is 0 Å². The Hall–Kier alpha value is -1.79. The topological polar surface area (TPSA) is 90.6 Å². The Labute approximate surface area is 124 Å². The van der Waals surface area contributed by atoms with Gasteiger partial charge in [0.1, 0.15) is 5.75 Å². The van der Waals surface area contributed by atoms with E-state index in [-0.39, 0.29) is 31.3 Å². The molecule has 1 rings (SSSR count). The number of carbonyl (C=O) groups is 2. The molecular weight excluding hydrogens is 284 g/mol. The fraction of sp³-hybridized carbons (Fsp3) is 0.385. The Kier molecular flexibility index (Phi) is 8.35. The highest BCUT2D eigenvalue weighted by molar-refractivity contribution is 5.91. The smallest absolute Gasteiger partial charge is 0.343 e. The van der Waals surface area contributed by atoms with Gasteiger partial charge in [-0.3, -0.25) is 4.79 Å². The number of benzene rings is 1. The largest absolute Gasteiger partial charge is 0.482 e. The fourth-order valence-electron chi connectivity index (χ4n) is 1.41. The van der Waals surface area contributed by atoms with E-state index in [2.05, 4.69) is 10.1 Å². The summed E-state index contributed by atoms with van der Waals surface area (Å²) >= 11 is 0. The fourth-order valence-corrected chi connectivity index (χ4v) is 1.41. The molecule has 0 bridgehead atoms. The summed E-state index contributed by atoms with van der Waals surface area (Å²) < 4.78 is 9.71. The van der Waals surface area contributed by atoms with Crippen molar-refractivity contribution in [3.8, 4) is 5.75 Å². The monoisotopic (exact) mass is 302 g/mol. The predicted octanol–water partition coefficient (Wildman–Crippen LogP) is 1.26. The van der Waals surface area contributed by atoms with Crippen molar-refractivity contribution in [3.05, 3.63) is 23.8 Å². The number of nitrogens with two attached hydrogens (primary N) is 1. The average molecular weight is 303 g/mol. The van der Waals surface area contributed by atoms with E-state index >= 15 is 0 Å².